The summed E-state index contributed by atoms with van der Waals surface area (Å²) in [6, 6.07) is 0. The van der Waals surface area contributed by atoms with Crippen molar-refractivity contribution < 1.29 is 19.8 Å². The van der Waals surface area contributed by atoms with E-state index in [4.69, 9.17) is 10.2 Å². The van der Waals surface area contributed by atoms with E-state index in [9.17, 15) is 9.59 Å². The van der Waals surface area contributed by atoms with Crippen LogP contribution in [0.25, 0.3) is 0 Å². The van der Waals surface area contributed by atoms with Crippen molar-refractivity contribution in [1.82, 2.24) is 0 Å². The second kappa shape index (κ2) is 4.87. The molecular formula is C8H9NO4. The van der Waals surface area contributed by atoms with Crippen LogP contribution in [0.1, 0.15) is 6.92 Å². The summed E-state index contributed by atoms with van der Waals surface area (Å²) in [4.78, 5) is 24.0. The quantitative estimate of drug-likeness (QED) is 0.495. The minimum Gasteiger partial charge on any atom is -0.478 e. The van der Waals surface area contributed by atoms with Gasteiger partial charge in [-0.15, -0.1) is 0 Å². The summed E-state index contributed by atoms with van der Waals surface area (Å²) in [5.74, 6) is -2.44. The summed E-state index contributed by atoms with van der Waals surface area (Å²) < 4.78 is 0. The number of allylic oxidation sites excluding steroid dienone is 1. The number of carboxylic acids is 2. The monoisotopic (exact) mass is 183 g/mol. The molecule has 0 amide bonds. The van der Waals surface area contributed by atoms with E-state index in [1.807, 2.05) is 0 Å². The third-order valence-electron chi connectivity index (χ3n) is 1.13. The molecule has 0 aliphatic heterocycles. The molecule has 5 nitrogen and oxygen atoms in total. The molecule has 0 spiro atoms. The first-order valence-electron chi connectivity index (χ1n) is 3.35. The van der Waals surface area contributed by atoms with Gasteiger partial charge in [0.05, 0.1) is 5.57 Å². The van der Waals surface area contributed by atoms with Crippen LogP contribution in [0.5, 0.6) is 0 Å². The van der Waals surface area contributed by atoms with Gasteiger partial charge in [0.25, 0.3) is 0 Å². The van der Waals surface area contributed by atoms with Gasteiger partial charge in [0.2, 0.25) is 0 Å². The van der Waals surface area contributed by atoms with E-state index < -0.39 is 11.9 Å². The summed E-state index contributed by atoms with van der Waals surface area (Å²) in [5, 5.41) is 16.8. The van der Waals surface area contributed by atoms with Crippen molar-refractivity contribution in [3.63, 3.8) is 0 Å². The first kappa shape index (κ1) is 11.1. The summed E-state index contributed by atoms with van der Waals surface area (Å²) >= 11 is 0. The molecule has 0 aromatic rings. The van der Waals surface area contributed by atoms with Crippen LogP contribution in [0, 0.1) is 0 Å². The van der Waals surface area contributed by atoms with E-state index in [0.717, 1.165) is 6.21 Å². The van der Waals surface area contributed by atoms with Crippen LogP contribution in [-0.4, -0.2) is 28.4 Å². The highest BCUT2D eigenvalue weighted by Crippen LogP contribution is 1.96. The largest absolute Gasteiger partial charge is 0.478 e. The lowest BCUT2D eigenvalue weighted by molar-refractivity contribution is -0.133. The lowest BCUT2D eigenvalue weighted by Crippen LogP contribution is -2.02. The zero-order valence-corrected chi connectivity index (χ0v) is 7.02. The van der Waals surface area contributed by atoms with E-state index in [1.165, 1.54) is 13.0 Å². The van der Waals surface area contributed by atoms with Crippen molar-refractivity contribution in [3.8, 4) is 0 Å². The molecule has 0 bridgehead atoms. The average Bonchev–Trinajstić information content (AvgIpc) is 2.04. The number of hydrogen-bond acceptors (Lipinski definition) is 3. The molecule has 0 atom stereocenters. The lowest BCUT2D eigenvalue weighted by Gasteiger charge is -1.92. The SMILES string of the molecule is C=C(C=NC(=CC)C(=O)O)C(=O)O. The highest BCUT2D eigenvalue weighted by molar-refractivity contribution is 6.08. The van der Waals surface area contributed by atoms with Gasteiger partial charge in [0, 0.05) is 6.21 Å². The van der Waals surface area contributed by atoms with Crippen LogP contribution in [-0.2, 0) is 9.59 Å². The normalized spacial score (nSPS) is 11.6. The Morgan fingerprint density at radius 1 is 1.31 bits per heavy atom. The molecule has 0 aromatic carbocycles. The molecule has 0 radical (unpaired) electrons. The van der Waals surface area contributed by atoms with Crippen LogP contribution < -0.4 is 0 Å². The van der Waals surface area contributed by atoms with Gasteiger partial charge in [-0.25, -0.2) is 14.6 Å². The van der Waals surface area contributed by atoms with Crippen LogP contribution in [0.3, 0.4) is 0 Å². The number of nitrogens with zero attached hydrogens (tertiary/aromatic N) is 1. The first-order valence-corrected chi connectivity index (χ1v) is 3.35. The van der Waals surface area contributed by atoms with E-state index in [0.29, 0.717) is 0 Å². The molecule has 0 rings (SSSR count). The number of aliphatic carboxylic acids is 2. The number of rotatable bonds is 4. The predicted octanol–water partition coefficient (Wildman–Crippen LogP) is 0.686. The fourth-order valence-electron chi connectivity index (χ4n) is 0.456. The molecule has 13 heavy (non-hydrogen) atoms. The van der Waals surface area contributed by atoms with Crippen molar-refractivity contribution >= 4 is 18.2 Å². The van der Waals surface area contributed by atoms with Gasteiger partial charge in [-0.1, -0.05) is 12.7 Å². The highest BCUT2D eigenvalue weighted by atomic mass is 16.4. The van der Waals surface area contributed by atoms with Crippen LogP contribution >= 0.6 is 0 Å². The van der Waals surface area contributed by atoms with Crippen molar-refractivity contribution in [2.24, 2.45) is 4.99 Å². The Morgan fingerprint density at radius 3 is 2.15 bits per heavy atom. The molecule has 0 aliphatic rings. The average molecular weight is 183 g/mol. The molecular weight excluding hydrogens is 174 g/mol. The topological polar surface area (TPSA) is 87.0 Å². The Kier molecular flexibility index (Phi) is 4.15. The van der Waals surface area contributed by atoms with E-state index >= 15 is 0 Å². The van der Waals surface area contributed by atoms with Gasteiger partial charge in [-0.3, -0.25) is 0 Å². The highest BCUT2D eigenvalue weighted by Gasteiger charge is 2.04. The van der Waals surface area contributed by atoms with Gasteiger partial charge in [0.1, 0.15) is 5.70 Å². The third-order valence-corrected chi connectivity index (χ3v) is 1.13. The molecule has 0 saturated heterocycles. The maximum atomic E-state index is 10.4. The fraction of sp³-hybridized carbons (Fsp3) is 0.125. The van der Waals surface area contributed by atoms with Gasteiger partial charge < -0.3 is 10.2 Å². The number of carbonyl (C=O) groups is 2. The Bertz CT molecular complexity index is 301. The van der Waals surface area contributed by atoms with Gasteiger partial charge in [-0.05, 0) is 6.92 Å². The van der Waals surface area contributed by atoms with Crippen molar-refractivity contribution in [1.29, 1.82) is 0 Å². The zero-order chi connectivity index (χ0) is 10.4. The maximum absolute atomic E-state index is 10.4. The Morgan fingerprint density at radius 2 is 1.85 bits per heavy atom. The molecule has 0 unspecified atom stereocenters. The predicted molar refractivity (Wildman–Crippen MR) is 46.7 cm³/mol. The van der Waals surface area contributed by atoms with Crippen molar-refractivity contribution in [2.45, 2.75) is 6.92 Å². The summed E-state index contributed by atoms with van der Waals surface area (Å²) in [6.07, 6.45) is 2.15. The fourth-order valence-corrected chi connectivity index (χ4v) is 0.456. The van der Waals surface area contributed by atoms with Gasteiger partial charge in [0.15, 0.2) is 0 Å². The summed E-state index contributed by atoms with van der Waals surface area (Å²) in [7, 11) is 0. The molecule has 0 fully saturated rings. The van der Waals surface area contributed by atoms with Crippen molar-refractivity contribution in [3.05, 3.63) is 23.9 Å². The molecule has 0 aromatic heterocycles. The molecule has 2 N–H and O–H groups in total. The maximum Gasteiger partial charge on any atom is 0.354 e. The van der Waals surface area contributed by atoms with E-state index in [1.54, 1.807) is 0 Å². The Labute approximate surface area is 74.7 Å². The van der Waals surface area contributed by atoms with E-state index in [2.05, 4.69) is 11.6 Å². The molecule has 0 saturated carbocycles. The summed E-state index contributed by atoms with van der Waals surface area (Å²) in [5.41, 5.74) is -0.483. The van der Waals surface area contributed by atoms with Gasteiger partial charge in [-0.2, -0.15) is 0 Å². The minimum atomic E-state index is -1.23. The molecule has 5 heteroatoms. The smallest absolute Gasteiger partial charge is 0.354 e. The summed E-state index contributed by atoms with van der Waals surface area (Å²) in [6.45, 7) is 4.64. The lowest BCUT2D eigenvalue weighted by atomic mass is 10.3. The molecule has 70 valence electrons. The van der Waals surface area contributed by atoms with Crippen molar-refractivity contribution in [2.75, 3.05) is 0 Å². The first-order chi connectivity index (χ1) is 5.99. The molecule has 0 aliphatic carbocycles. The number of hydrogen-bond donors (Lipinski definition) is 2. The number of aliphatic imine (C=N–C) groups is 1. The molecule has 0 heterocycles. The second-order valence-electron chi connectivity index (χ2n) is 2.07. The van der Waals surface area contributed by atoms with Crippen LogP contribution in [0.15, 0.2) is 28.9 Å². The number of carboxylic acid groups (broad SMARTS) is 2. The minimum absolute atomic E-state index is 0.220. The van der Waals surface area contributed by atoms with E-state index in [-0.39, 0.29) is 11.3 Å². The van der Waals surface area contributed by atoms with Gasteiger partial charge >= 0.3 is 11.9 Å². The van der Waals surface area contributed by atoms with Crippen LogP contribution in [0.4, 0.5) is 0 Å². The third kappa shape index (κ3) is 3.85. The zero-order valence-electron chi connectivity index (χ0n) is 7.02. The van der Waals surface area contributed by atoms with Crippen LogP contribution in [0.2, 0.25) is 0 Å². The second-order valence-corrected chi connectivity index (χ2v) is 2.07. The Balaban J connectivity index is 4.51. The standard InChI is InChI=1S/C8H9NO4/c1-3-6(8(12)13)9-4-5(2)7(10)11/h3-4H,2H2,1H3,(H,10,11)(H,12,13). The Hall–Kier alpha value is -1.91.